The van der Waals surface area contributed by atoms with Gasteiger partial charge in [0, 0.05) is 44.0 Å². The SMILES string of the molecule is Cc1nc(C2=CCN(Cc3ccccc3)CC2)nc(N2CCOCC2)c1C. The Morgan fingerprint density at radius 2 is 1.78 bits per heavy atom. The topological polar surface area (TPSA) is 41.5 Å². The molecule has 0 amide bonds. The molecule has 2 aliphatic heterocycles. The average Bonchev–Trinajstić information content (AvgIpc) is 2.72. The van der Waals surface area contributed by atoms with Gasteiger partial charge in [0.05, 0.1) is 13.2 Å². The Morgan fingerprint density at radius 1 is 1.00 bits per heavy atom. The predicted octanol–water partition coefficient (Wildman–Crippen LogP) is 3.22. The average molecular weight is 364 g/mol. The lowest BCUT2D eigenvalue weighted by Gasteiger charge is -2.30. The van der Waals surface area contributed by atoms with Crippen LogP contribution in [0.1, 0.15) is 29.1 Å². The van der Waals surface area contributed by atoms with E-state index in [2.05, 4.69) is 60.1 Å². The van der Waals surface area contributed by atoms with E-state index in [-0.39, 0.29) is 0 Å². The molecule has 1 fully saturated rings. The normalized spacial score (nSPS) is 18.4. The molecule has 0 unspecified atom stereocenters. The van der Waals surface area contributed by atoms with E-state index in [1.165, 1.54) is 16.7 Å². The Hall–Kier alpha value is -2.24. The summed E-state index contributed by atoms with van der Waals surface area (Å²) in [5.41, 5.74) is 4.90. The van der Waals surface area contributed by atoms with Gasteiger partial charge in [-0.2, -0.15) is 0 Å². The molecule has 1 aromatic carbocycles. The largest absolute Gasteiger partial charge is 0.378 e. The summed E-state index contributed by atoms with van der Waals surface area (Å²) in [6, 6.07) is 10.7. The Labute approximate surface area is 161 Å². The molecule has 0 bridgehead atoms. The van der Waals surface area contributed by atoms with Crippen LogP contribution in [0.3, 0.4) is 0 Å². The second kappa shape index (κ2) is 8.19. The molecule has 0 N–H and O–H groups in total. The van der Waals surface area contributed by atoms with Crippen LogP contribution < -0.4 is 4.90 Å². The zero-order valence-electron chi connectivity index (χ0n) is 16.3. The highest BCUT2D eigenvalue weighted by Gasteiger charge is 2.20. The number of nitrogens with zero attached hydrogens (tertiary/aromatic N) is 4. The van der Waals surface area contributed by atoms with Crippen molar-refractivity contribution in [3.63, 3.8) is 0 Å². The number of aryl methyl sites for hydroxylation is 1. The first-order valence-corrected chi connectivity index (χ1v) is 9.84. The van der Waals surface area contributed by atoms with Gasteiger partial charge in [-0.3, -0.25) is 4.90 Å². The summed E-state index contributed by atoms with van der Waals surface area (Å²) in [4.78, 5) is 14.6. The zero-order chi connectivity index (χ0) is 18.6. The number of hydrogen-bond donors (Lipinski definition) is 0. The highest BCUT2D eigenvalue weighted by atomic mass is 16.5. The van der Waals surface area contributed by atoms with Crippen molar-refractivity contribution in [2.75, 3.05) is 44.3 Å². The van der Waals surface area contributed by atoms with E-state index in [9.17, 15) is 0 Å². The van der Waals surface area contributed by atoms with Gasteiger partial charge in [-0.1, -0.05) is 36.4 Å². The van der Waals surface area contributed by atoms with Gasteiger partial charge >= 0.3 is 0 Å². The van der Waals surface area contributed by atoms with Gasteiger partial charge in [0.25, 0.3) is 0 Å². The molecule has 2 aliphatic rings. The van der Waals surface area contributed by atoms with E-state index in [0.29, 0.717) is 0 Å². The van der Waals surface area contributed by atoms with Crippen molar-refractivity contribution in [2.45, 2.75) is 26.8 Å². The Balaban J connectivity index is 1.51. The standard InChI is InChI=1S/C22H28N4O/c1-17-18(2)23-21(24-22(17)26-12-14-27-15-13-26)20-8-10-25(11-9-20)16-19-6-4-3-5-7-19/h3-8H,9-16H2,1-2H3. The molecule has 0 saturated carbocycles. The molecule has 0 spiro atoms. The van der Waals surface area contributed by atoms with Crippen LogP contribution in [-0.2, 0) is 11.3 Å². The second-order valence-corrected chi connectivity index (χ2v) is 7.38. The molecule has 142 valence electrons. The number of morpholine rings is 1. The molecule has 2 aromatic rings. The molecule has 1 aromatic heterocycles. The van der Waals surface area contributed by atoms with Crippen molar-refractivity contribution < 1.29 is 4.74 Å². The first-order chi connectivity index (χ1) is 13.2. The van der Waals surface area contributed by atoms with E-state index in [1.54, 1.807) is 0 Å². The third-order valence-corrected chi connectivity index (χ3v) is 5.50. The van der Waals surface area contributed by atoms with E-state index in [0.717, 1.165) is 69.7 Å². The molecule has 4 rings (SSSR count). The van der Waals surface area contributed by atoms with Crippen LogP contribution >= 0.6 is 0 Å². The summed E-state index contributed by atoms with van der Waals surface area (Å²) >= 11 is 0. The van der Waals surface area contributed by atoms with Gasteiger partial charge in [0.15, 0.2) is 5.82 Å². The quantitative estimate of drug-likeness (QED) is 0.833. The van der Waals surface area contributed by atoms with Crippen molar-refractivity contribution >= 4 is 11.4 Å². The van der Waals surface area contributed by atoms with Gasteiger partial charge in [0.2, 0.25) is 0 Å². The number of aromatic nitrogens is 2. The summed E-state index contributed by atoms with van der Waals surface area (Å²) in [5, 5.41) is 0. The lowest BCUT2D eigenvalue weighted by molar-refractivity contribution is 0.122. The maximum atomic E-state index is 5.50. The van der Waals surface area contributed by atoms with Gasteiger partial charge in [-0.15, -0.1) is 0 Å². The lowest BCUT2D eigenvalue weighted by Crippen LogP contribution is -2.37. The smallest absolute Gasteiger partial charge is 0.157 e. The molecule has 3 heterocycles. The Morgan fingerprint density at radius 3 is 2.48 bits per heavy atom. The number of hydrogen-bond acceptors (Lipinski definition) is 5. The number of anilines is 1. The molecule has 0 aliphatic carbocycles. The predicted molar refractivity (Wildman–Crippen MR) is 109 cm³/mol. The number of ether oxygens (including phenoxy) is 1. The molecule has 0 atom stereocenters. The lowest BCUT2D eigenvalue weighted by atomic mass is 10.1. The van der Waals surface area contributed by atoms with E-state index in [1.807, 2.05) is 0 Å². The Kier molecular flexibility index (Phi) is 5.50. The van der Waals surface area contributed by atoms with Crippen molar-refractivity contribution in [3.05, 3.63) is 59.1 Å². The summed E-state index contributed by atoms with van der Waals surface area (Å²) in [7, 11) is 0. The van der Waals surface area contributed by atoms with Crippen LogP contribution in [0.15, 0.2) is 36.4 Å². The monoisotopic (exact) mass is 364 g/mol. The van der Waals surface area contributed by atoms with Crippen LogP contribution in [0, 0.1) is 13.8 Å². The van der Waals surface area contributed by atoms with E-state index in [4.69, 9.17) is 14.7 Å². The van der Waals surface area contributed by atoms with Crippen molar-refractivity contribution in [2.24, 2.45) is 0 Å². The molecule has 5 heteroatoms. The minimum absolute atomic E-state index is 0.773. The maximum Gasteiger partial charge on any atom is 0.157 e. The highest BCUT2D eigenvalue weighted by molar-refractivity contribution is 5.64. The van der Waals surface area contributed by atoms with E-state index < -0.39 is 0 Å². The first kappa shape index (κ1) is 18.1. The molecule has 5 nitrogen and oxygen atoms in total. The molecule has 27 heavy (non-hydrogen) atoms. The minimum atomic E-state index is 0.773. The van der Waals surface area contributed by atoms with Gasteiger partial charge in [0.1, 0.15) is 5.82 Å². The number of benzene rings is 1. The summed E-state index contributed by atoms with van der Waals surface area (Å²) in [5.74, 6) is 1.98. The van der Waals surface area contributed by atoms with Gasteiger partial charge < -0.3 is 9.64 Å². The first-order valence-electron chi connectivity index (χ1n) is 9.84. The fraction of sp³-hybridized carbons (Fsp3) is 0.455. The van der Waals surface area contributed by atoms with Gasteiger partial charge in [-0.25, -0.2) is 9.97 Å². The van der Waals surface area contributed by atoms with Crippen LogP contribution in [-0.4, -0.2) is 54.3 Å². The van der Waals surface area contributed by atoms with Crippen molar-refractivity contribution in [1.29, 1.82) is 0 Å². The zero-order valence-corrected chi connectivity index (χ0v) is 16.3. The minimum Gasteiger partial charge on any atom is -0.378 e. The maximum absolute atomic E-state index is 5.50. The highest BCUT2D eigenvalue weighted by Crippen LogP contribution is 2.26. The fourth-order valence-corrected chi connectivity index (χ4v) is 3.74. The third-order valence-electron chi connectivity index (χ3n) is 5.50. The van der Waals surface area contributed by atoms with Crippen LogP contribution in [0.4, 0.5) is 5.82 Å². The molecule has 1 saturated heterocycles. The Bertz CT molecular complexity index is 813. The summed E-state index contributed by atoms with van der Waals surface area (Å²) in [6.45, 7) is 10.6. The van der Waals surface area contributed by atoms with Crippen LogP contribution in [0.2, 0.25) is 0 Å². The van der Waals surface area contributed by atoms with Crippen molar-refractivity contribution in [3.8, 4) is 0 Å². The fourth-order valence-electron chi connectivity index (χ4n) is 3.74. The van der Waals surface area contributed by atoms with E-state index >= 15 is 0 Å². The molecular formula is C22H28N4O. The molecule has 0 radical (unpaired) electrons. The third kappa shape index (κ3) is 4.20. The van der Waals surface area contributed by atoms with Crippen molar-refractivity contribution in [1.82, 2.24) is 14.9 Å². The second-order valence-electron chi connectivity index (χ2n) is 7.38. The van der Waals surface area contributed by atoms with Crippen LogP contribution in [0.25, 0.3) is 5.57 Å². The van der Waals surface area contributed by atoms with Crippen LogP contribution in [0.5, 0.6) is 0 Å². The molecular weight excluding hydrogens is 336 g/mol. The summed E-state index contributed by atoms with van der Waals surface area (Å²) < 4.78 is 5.50. The summed E-state index contributed by atoms with van der Waals surface area (Å²) in [6.07, 6.45) is 3.30. The number of rotatable bonds is 4. The van der Waals surface area contributed by atoms with Gasteiger partial charge in [-0.05, 0) is 31.4 Å².